The van der Waals surface area contributed by atoms with E-state index in [1.54, 1.807) is 12.1 Å². The predicted molar refractivity (Wildman–Crippen MR) is 119 cm³/mol. The van der Waals surface area contributed by atoms with Crippen molar-refractivity contribution in [2.45, 2.75) is 29.4 Å². The minimum atomic E-state index is -0.501. The van der Waals surface area contributed by atoms with E-state index in [0.717, 1.165) is 33.7 Å². The number of thiophene rings is 1. The molecular formula is C23H17N3O2S2. The molecule has 0 spiro atoms. The van der Waals surface area contributed by atoms with Gasteiger partial charge in [0.2, 0.25) is 11.8 Å². The molecule has 1 aromatic heterocycles. The fourth-order valence-corrected chi connectivity index (χ4v) is 6.46. The summed E-state index contributed by atoms with van der Waals surface area (Å²) >= 11 is 2.74. The lowest BCUT2D eigenvalue weighted by Gasteiger charge is -2.15. The van der Waals surface area contributed by atoms with Gasteiger partial charge in [0.15, 0.2) is 0 Å². The Hall–Kier alpha value is -3.08. The molecule has 7 heteroatoms. The van der Waals surface area contributed by atoms with Crippen LogP contribution in [0.15, 0.2) is 53.4 Å². The molecule has 0 radical (unpaired) electrons. The highest BCUT2D eigenvalue weighted by Crippen LogP contribution is 2.48. The van der Waals surface area contributed by atoms with Crippen molar-refractivity contribution in [3.8, 4) is 16.5 Å². The lowest BCUT2D eigenvalue weighted by atomic mass is 9.89. The zero-order valence-electron chi connectivity index (χ0n) is 15.9. The van der Waals surface area contributed by atoms with Gasteiger partial charge < -0.3 is 5.73 Å². The fraction of sp³-hybridized carbons (Fsp3) is 0.174. The van der Waals surface area contributed by atoms with E-state index < -0.39 is 5.25 Å². The number of hydrogen-bond acceptors (Lipinski definition) is 6. The molecule has 3 aromatic rings. The maximum atomic E-state index is 13.2. The minimum Gasteiger partial charge on any atom is -0.399 e. The first kappa shape index (κ1) is 18.9. The molecule has 2 amide bonds. The molecule has 5 nitrogen and oxygen atoms in total. The van der Waals surface area contributed by atoms with E-state index in [-0.39, 0.29) is 18.2 Å². The number of imide groups is 1. The lowest BCUT2D eigenvalue weighted by molar-refractivity contribution is -0.121. The Labute approximate surface area is 182 Å². The summed E-state index contributed by atoms with van der Waals surface area (Å²) in [7, 11) is 0. The van der Waals surface area contributed by atoms with Gasteiger partial charge >= 0.3 is 0 Å². The van der Waals surface area contributed by atoms with Crippen LogP contribution in [-0.4, -0.2) is 17.1 Å². The van der Waals surface area contributed by atoms with Crippen LogP contribution in [0.4, 0.5) is 10.7 Å². The highest BCUT2D eigenvalue weighted by molar-refractivity contribution is 8.00. The number of thioether (sulfide) groups is 1. The van der Waals surface area contributed by atoms with Crippen LogP contribution in [0.5, 0.6) is 0 Å². The molecule has 148 valence electrons. The molecule has 2 aromatic carbocycles. The van der Waals surface area contributed by atoms with Crippen LogP contribution < -0.4 is 10.6 Å². The molecule has 0 saturated carbocycles. The van der Waals surface area contributed by atoms with Gasteiger partial charge in [0.05, 0.1) is 10.8 Å². The molecule has 5 rings (SSSR count). The monoisotopic (exact) mass is 431 g/mol. The normalized spacial score (nSPS) is 17.6. The van der Waals surface area contributed by atoms with Crippen molar-refractivity contribution < 1.29 is 9.59 Å². The van der Waals surface area contributed by atoms with E-state index in [1.807, 2.05) is 30.3 Å². The molecule has 1 aliphatic heterocycles. The zero-order valence-corrected chi connectivity index (χ0v) is 17.6. The number of fused-ring (bicyclic) bond motifs is 3. The second-order valence-corrected chi connectivity index (χ2v) is 9.58. The molecule has 1 saturated heterocycles. The number of hydrogen-bond donors (Lipinski definition) is 1. The topological polar surface area (TPSA) is 87.2 Å². The maximum absolute atomic E-state index is 13.2. The Morgan fingerprint density at radius 3 is 2.63 bits per heavy atom. The molecule has 0 bridgehead atoms. The summed E-state index contributed by atoms with van der Waals surface area (Å²) in [6, 6.07) is 17.6. The van der Waals surface area contributed by atoms with Gasteiger partial charge in [-0.1, -0.05) is 24.3 Å². The summed E-state index contributed by atoms with van der Waals surface area (Å²) in [5, 5.41) is 9.83. The molecule has 30 heavy (non-hydrogen) atoms. The number of carbonyl (C=O) groups is 2. The third kappa shape index (κ3) is 3.00. The summed E-state index contributed by atoms with van der Waals surface area (Å²) in [6.07, 6.45) is 1.72. The van der Waals surface area contributed by atoms with Crippen molar-refractivity contribution in [1.82, 2.24) is 0 Å². The van der Waals surface area contributed by atoms with Crippen molar-refractivity contribution in [1.29, 1.82) is 5.26 Å². The number of benzene rings is 2. The van der Waals surface area contributed by atoms with Gasteiger partial charge in [0, 0.05) is 21.9 Å². The summed E-state index contributed by atoms with van der Waals surface area (Å²) in [5.74, 6) is -0.512. The summed E-state index contributed by atoms with van der Waals surface area (Å²) in [4.78, 5) is 29.1. The van der Waals surface area contributed by atoms with Gasteiger partial charge in [-0.25, -0.2) is 4.90 Å². The third-order valence-corrected chi connectivity index (χ3v) is 7.92. The molecule has 0 unspecified atom stereocenters. The summed E-state index contributed by atoms with van der Waals surface area (Å²) in [6.45, 7) is 0. The largest absolute Gasteiger partial charge is 0.399 e. The molecule has 2 N–H and O–H groups in total. The van der Waals surface area contributed by atoms with Crippen molar-refractivity contribution in [3.63, 3.8) is 0 Å². The van der Waals surface area contributed by atoms with Crippen molar-refractivity contribution in [3.05, 3.63) is 65.2 Å². The first-order valence-electron chi connectivity index (χ1n) is 9.60. The number of carbonyl (C=O) groups excluding carboxylic acids is 2. The van der Waals surface area contributed by atoms with Gasteiger partial charge in [-0.05, 0) is 53.8 Å². The van der Waals surface area contributed by atoms with E-state index in [1.165, 1.54) is 33.6 Å². The average Bonchev–Trinajstić information content (AvgIpc) is 3.25. The summed E-state index contributed by atoms with van der Waals surface area (Å²) < 4.78 is 0. The van der Waals surface area contributed by atoms with Crippen molar-refractivity contribution in [2.24, 2.45) is 0 Å². The van der Waals surface area contributed by atoms with Crippen molar-refractivity contribution in [2.75, 3.05) is 10.6 Å². The number of nitrogens with zero attached hydrogens (tertiary/aromatic N) is 2. The SMILES string of the molecule is N#Cc1c(N2C(=O)C[C@H](Sc3ccc(N)cc3)C2=O)sc2c1CCc1ccccc1-2. The Morgan fingerprint density at radius 1 is 1.10 bits per heavy atom. The number of nitrogen functional groups attached to an aromatic ring is 1. The number of amides is 2. The predicted octanol–water partition coefficient (Wildman–Crippen LogP) is 4.39. The number of nitriles is 1. The Balaban J connectivity index is 1.51. The zero-order chi connectivity index (χ0) is 20.8. The third-order valence-electron chi connectivity index (χ3n) is 5.47. The average molecular weight is 432 g/mol. The second kappa shape index (κ2) is 7.31. The molecule has 2 aliphatic rings. The number of aryl methyl sites for hydroxylation is 1. The van der Waals surface area contributed by atoms with Crippen LogP contribution in [-0.2, 0) is 22.4 Å². The number of nitrogens with two attached hydrogens (primary N) is 1. The van der Waals surface area contributed by atoms with Gasteiger partial charge in [0.1, 0.15) is 11.1 Å². The standard InChI is InChI=1S/C23H17N3O2S2/c24-12-18-17-10-5-13-3-1-2-4-16(13)21(17)30-23(18)26-20(27)11-19(22(26)28)29-15-8-6-14(25)7-9-15/h1-4,6-9,19H,5,10-11,25H2/t19-/m0/s1. The Kier molecular flexibility index (Phi) is 4.61. The molecule has 1 aliphatic carbocycles. The highest BCUT2D eigenvalue weighted by Gasteiger charge is 2.43. The molecule has 1 fully saturated rings. The van der Waals surface area contributed by atoms with E-state index in [4.69, 9.17) is 5.73 Å². The van der Waals surface area contributed by atoms with Gasteiger partial charge in [-0.15, -0.1) is 23.1 Å². The Bertz CT molecular complexity index is 1220. The van der Waals surface area contributed by atoms with E-state index in [9.17, 15) is 14.9 Å². The smallest absolute Gasteiger partial charge is 0.248 e. The Morgan fingerprint density at radius 2 is 1.87 bits per heavy atom. The van der Waals surface area contributed by atoms with Crippen LogP contribution in [0.2, 0.25) is 0 Å². The van der Waals surface area contributed by atoms with Gasteiger partial charge in [-0.3, -0.25) is 9.59 Å². The van der Waals surface area contributed by atoms with Crippen LogP contribution >= 0.6 is 23.1 Å². The fourth-order valence-electron chi connectivity index (χ4n) is 4.02. The minimum absolute atomic E-state index is 0.123. The van der Waals surface area contributed by atoms with Crippen LogP contribution in [0.3, 0.4) is 0 Å². The first-order chi connectivity index (χ1) is 14.6. The first-order valence-corrected chi connectivity index (χ1v) is 11.3. The van der Waals surface area contributed by atoms with Crippen LogP contribution in [0.25, 0.3) is 10.4 Å². The van der Waals surface area contributed by atoms with Crippen LogP contribution in [0.1, 0.15) is 23.1 Å². The van der Waals surface area contributed by atoms with E-state index in [0.29, 0.717) is 16.3 Å². The maximum Gasteiger partial charge on any atom is 0.248 e. The van der Waals surface area contributed by atoms with Crippen LogP contribution in [0, 0.1) is 11.3 Å². The van der Waals surface area contributed by atoms with Crippen molar-refractivity contribution >= 4 is 45.6 Å². The van der Waals surface area contributed by atoms with E-state index >= 15 is 0 Å². The molecule has 1 atom stereocenters. The number of rotatable bonds is 3. The lowest BCUT2D eigenvalue weighted by Crippen LogP contribution is -2.31. The summed E-state index contributed by atoms with van der Waals surface area (Å²) in [5.41, 5.74) is 10.1. The number of anilines is 2. The molecule has 2 heterocycles. The second-order valence-electron chi connectivity index (χ2n) is 7.31. The highest BCUT2D eigenvalue weighted by atomic mass is 32.2. The quantitative estimate of drug-likeness (QED) is 0.491. The van der Waals surface area contributed by atoms with Gasteiger partial charge in [-0.2, -0.15) is 5.26 Å². The van der Waals surface area contributed by atoms with Gasteiger partial charge in [0.25, 0.3) is 0 Å². The molecular weight excluding hydrogens is 414 g/mol. The van der Waals surface area contributed by atoms with E-state index in [2.05, 4.69) is 12.1 Å².